The third kappa shape index (κ3) is 3.76. The Balaban J connectivity index is 1.23. The van der Waals surface area contributed by atoms with Gasteiger partial charge in [-0.05, 0) is 71.7 Å². The molecule has 0 N–H and O–H groups in total. The van der Waals surface area contributed by atoms with Gasteiger partial charge in [0.15, 0.2) is 0 Å². The number of nitrogens with zero attached hydrogens (tertiary/aromatic N) is 2. The number of thiazole rings is 1. The fourth-order valence-corrected chi connectivity index (χ4v) is 11.2. The van der Waals surface area contributed by atoms with Crippen molar-refractivity contribution in [3.8, 4) is 0 Å². The summed E-state index contributed by atoms with van der Waals surface area (Å²) in [5.41, 5.74) is 2.55. The molecule has 2 saturated carbocycles. The summed E-state index contributed by atoms with van der Waals surface area (Å²) in [7, 11) is 0. The summed E-state index contributed by atoms with van der Waals surface area (Å²) in [5, 5.41) is 1.56. The zero-order chi connectivity index (χ0) is 28.0. The minimum Gasteiger partial charge on any atom is -0.289 e. The van der Waals surface area contributed by atoms with E-state index in [9.17, 15) is 18.8 Å². The maximum Gasteiger partial charge on any atom is 0.308 e. The minimum atomic E-state index is -0.391. The van der Waals surface area contributed by atoms with Crippen molar-refractivity contribution in [3.63, 3.8) is 0 Å². The lowest BCUT2D eigenvalue weighted by atomic mass is 9.68. The summed E-state index contributed by atoms with van der Waals surface area (Å²) in [5.74, 6) is -1.41. The van der Waals surface area contributed by atoms with Crippen molar-refractivity contribution in [2.75, 3.05) is 4.90 Å². The highest BCUT2D eigenvalue weighted by atomic mass is 35.5. The normalized spacial score (nSPS) is 29.5. The molecule has 9 heteroatoms. The van der Waals surface area contributed by atoms with Gasteiger partial charge in [0.1, 0.15) is 5.82 Å². The lowest BCUT2D eigenvalue weighted by Gasteiger charge is -2.43. The fraction of sp³-hybridized carbons (Fsp3) is 0.281. The molecular weight excluding hydrogens is 579 g/mol. The quantitative estimate of drug-likeness (QED) is 0.253. The zero-order valence-corrected chi connectivity index (χ0v) is 24.0. The summed E-state index contributed by atoms with van der Waals surface area (Å²) in [6.07, 6.45) is 0.805. The van der Waals surface area contributed by atoms with Crippen molar-refractivity contribution in [1.29, 1.82) is 0 Å². The summed E-state index contributed by atoms with van der Waals surface area (Å²) in [4.78, 5) is 43.5. The second-order valence-electron chi connectivity index (χ2n) is 11.4. The Bertz CT molecular complexity index is 1750. The standard InChI is InChI=1S/C32H24ClFN2O3S2/c33-18-8-12-20(13-9-18)36-29(37)25-21-14-22(26(25)30(36)38)27-24(21)23(17-6-10-19(34)11-7-17)28-31(40-27)35(32(39)41-28)15-16-4-2-1-3-5-16/h1-13,21-27H,14-15H2/t21-,22-,23+,24-,25+,26-,27+/m1/s1. The molecule has 41 heavy (non-hydrogen) atoms. The maximum absolute atomic E-state index is 14.0. The van der Waals surface area contributed by atoms with Crippen molar-refractivity contribution in [2.45, 2.75) is 29.2 Å². The number of anilines is 1. The third-order valence-electron chi connectivity index (χ3n) is 9.45. The van der Waals surface area contributed by atoms with Crippen molar-refractivity contribution < 1.29 is 14.0 Å². The number of carbonyl (C=O) groups is 2. The van der Waals surface area contributed by atoms with Crippen LogP contribution in [0.25, 0.3) is 0 Å². The fourth-order valence-electron chi connectivity index (χ4n) is 7.91. The molecule has 4 aromatic rings. The van der Waals surface area contributed by atoms with Gasteiger partial charge in [-0.3, -0.25) is 23.9 Å². The van der Waals surface area contributed by atoms with Crippen LogP contribution in [0.3, 0.4) is 0 Å². The third-order valence-corrected chi connectivity index (χ3v) is 12.5. The lowest BCUT2D eigenvalue weighted by Crippen LogP contribution is -2.43. The molecule has 0 spiro atoms. The molecule has 2 aliphatic heterocycles. The predicted octanol–water partition coefficient (Wildman–Crippen LogP) is 6.43. The van der Waals surface area contributed by atoms with Crippen molar-refractivity contribution in [3.05, 3.63) is 115 Å². The van der Waals surface area contributed by atoms with Crippen molar-refractivity contribution >= 4 is 52.2 Å². The summed E-state index contributed by atoms with van der Waals surface area (Å²) in [6.45, 7) is 0.466. The number of halogens is 2. The van der Waals surface area contributed by atoms with Crippen LogP contribution in [-0.2, 0) is 16.1 Å². The van der Waals surface area contributed by atoms with Gasteiger partial charge in [0, 0.05) is 21.1 Å². The van der Waals surface area contributed by atoms with Gasteiger partial charge in [0.05, 0.1) is 29.1 Å². The van der Waals surface area contributed by atoms with Gasteiger partial charge in [-0.25, -0.2) is 4.39 Å². The molecule has 3 heterocycles. The highest BCUT2D eigenvalue weighted by molar-refractivity contribution is 8.00. The van der Waals surface area contributed by atoms with Crippen LogP contribution in [0.4, 0.5) is 10.1 Å². The molecule has 1 saturated heterocycles. The van der Waals surface area contributed by atoms with Gasteiger partial charge in [-0.2, -0.15) is 0 Å². The Morgan fingerprint density at radius 3 is 2.24 bits per heavy atom. The van der Waals surface area contributed by atoms with Gasteiger partial charge < -0.3 is 0 Å². The molecule has 1 aromatic heterocycles. The molecule has 2 amide bonds. The maximum atomic E-state index is 14.0. The molecule has 0 radical (unpaired) electrons. The van der Waals surface area contributed by atoms with E-state index in [4.69, 9.17) is 11.6 Å². The zero-order valence-electron chi connectivity index (χ0n) is 21.7. The summed E-state index contributed by atoms with van der Waals surface area (Å²) < 4.78 is 15.9. The summed E-state index contributed by atoms with van der Waals surface area (Å²) >= 11 is 9.05. The van der Waals surface area contributed by atoms with E-state index in [1.807, 2.05) is 47.0 Å². The Morgan fingerprint density at radius 1 is 0.854 bits per heavy atom. The molecule has 0 unspecified atom stereocenters. The predicted molar refractivity (Wildman–Crippen MR) is 158 cm³/mol. The Morgan fingerprint density at radius 2 is 1.54 bits per heavy atom. The van der Waals surface area contributed by atoms with Crippen LogP contribution in [0.1, 0.15) is 28.3 Å². The molecule has 7 atom stereocenters. The number of aromatic nitrogens is 1. The van der Waals surface area contributed by atoms with Crippen molar-refractivity contribution in [1.82, 2.24) is 4.57 Å². The molecule has 2 bridgehead atoms. The molecule has 5 nitrogen and oxygen atoms in total. The van der Waals surface area contributed by atoms with E-state index in [1.165, 1.54) is 28.4 Å². The first-order chi connectivity index (χ1) is 19.9. The van der Waals surface area contributed by atoms with Crippen LogP contribution >= 0.6 is 34.7 Å². The molecule has 4 aliphatic rings. The number of hydrogen-bond donors (Lipinski definition) is 0. The minimum absolute atomic E-state index is 0.000714. The van der Waals surface area contributed by atoms with Crippen molar-refractivity contribution in [2.24, 2.45) is 29.6 Å². The highest BCUT2D eigenvalue weighted by Crippen LogP contribution is 2.69. The number of fused-ring (bicyclic) bond motifs is 9. The SMILES string of the molecule is O=C1[C@@H]2[C@H]3C[C@@H]([C@@H]2C(=O)N1c1ccc(Cl)cc1)[C@@H]1[C@H](c2ccc(F)cc2)c2sc(=O)n(Cc4ccccc4)c2S[C@@H]31. The largest absolute Gasteiger partial charge is 0.308 e. The first-order valence-electron chi connectivity index (χ1n) is 13.7. The Kier molecular flexibility index (Phi) is 5.85. The van der Waals surface area contributed by atoms with E-state index < -0.39 is 5.92 Å². The second-order valence-corrected chi connectivity index (χ2v) is 14.0. The highest BCUT2D eigenvalue weighted by Gasteiger charge is 2.69. The molecular formula is C32H24ClFN2O3S2. The van der Waals surface area contributed by atoms with E-state index in [2.05, 4.69) is 0 Å². The average molecular weight is 603 g/mol. The van der Waals surface area contributed by atoms with Gasteiger partial charge in [-0.15, -0.1) is 11.8 Å². The van der Waals surface area contributed by atoms with Gasteiger partial charge in [-0.1, -0.05) is 65.4 Å². The average Bonchev–Trinajstić information content (AvgIpc) is 3.69. The monoisotopic (exact) mass is 602 g/mol. The van der Waals surface area contributed by atoms with Crippen LogP contribution in [0.2, 0.25) is 5.02 Å². The van der Waals surface area contributed by atoms with Crippen LogP contribution < -0.4 is 9.77 Å². The molecule has 8 rings (SSSR count). The molecule has 2 aliphatic carbocycles. The van der Waals surface area contributed by atoms with Crippen LogP contribution in [-0.4, -0.2) is 21.6 Å². The molecule has 3 aromatic carbocycles. The van der Waals surface area contributed by atoms with Crippen LogP contribution in [0.5, 0.6) is 0 Å². The van der Waals surface area contributed by atoms with Gasteiger partial charge in [0.25, 0.3) is 0 Å². The molecule has 3 fully saturated rings. The summed E-state index contributed by atoms with van der Waals surface area (Å²) in [6, 6.07) is 23.3. The Hall–Kier alpha value is -3.20. The van der Waals surface area contributed by atoms with E-state index >= 15 is 0 Å². The van der Waals surface area contributed by atoms with Gasteiger partial charge in [0.2, 0.25) is 11.8 Å². The number of thioether (sulfide) groups is 1. The van der Waals surface area contributed by atoms with E-state index in [1.54, 1.807) is 36.0 Å². The lowest BCUT2D eigenvalue weighted by molar-refractivity contribution is -0.123. The first kappa shape index (κ1) is 25.5. The number of amides is 2. The van der Waals surface area contributed by atoms with E-state index in [0.717, 1.165) is 27.5 Å². The van der Waals surface area contributed by atoms with E-state index in [-0.39, 0.29) is 57.3 Å². The second kappa shape index (κ2) is 9.41. The topological polar surface area (TPSA) is 59.4 Å². The number of benzene rings is 3. The van der Waals surface area contributed by atoms with Crippen LogP contribution in [0.15, 0.2) is 88.7 Å². The van der Waals surface area contributed by atoms with Gasteiger partial charge >= 0.3 is 4.87 Å². The Labute approximate surface area is 249 Å². The van der Waals surface area contributed by atoms with Crippen LogP contribution in [0, 0.1) is 35.4 Å². The number of rotatable bonds is 4. The number of carbonyl (C=O) groups excluding carboxylic acids is 2. The number of hydrogen-bond acceptors (Lipinski definition) is 5. The number of imide groups is 1. The molecule has 206 valence electrons. The van der Waals surface area contributed by atoms with E-state index in [0.29, 0.717) is 17.3 Å². The smallest absolute Gasteiger partial charge is 0.289 e. The first-order valence-corrected chi connectivity index (χ1v) is 15.8.